The van der Waals surface area contributed by atoms with Crippen molar-refractivity contribution in [3.05, 3.63) is 35.4 Å². The van der Waals surface area contributed by atoms with Gasteiger partial charge in [0, 0.05) is 25.6 Å². The third-order valence-corrected chi connectivity index (χ3v) is 2.75. The predicted molar refractivity (Wildman–Crippen MR) is 78.9 cm³/mol. The number of amides is 2. The highest BCUT2D eigenvalue weighted by Gasteiger charge is 2.06. The topological polar surface area (TPSA) is 84.2 Å². The number of rotatable bonds is 7. The largest absolute Gasteiger partial charge is 0.355 e. The Kier molecular flexibility index (Phi) is 6.73. The molecule has 0 aliphatic heterocycles. The lowest BCUT2D eigenvalue weighted by Gasteiger charge is -2.09. The summed E-state index contributed by atoms with van der Waals surface area (Å²) in [5.74, 6) is -0.129. The highest BCUT2D eigenvalue weighted by atomic mass is 16.2. The molecule has 4 N–H and O–H groups in total. The summed E-state index contributed by atoms with van der Waals surface area (Å²) in [5, 5.41) is 5.52. The van der Waals surface area contributed by atoms with E-state index < -0.39 is 0 Å². The lowest BCUT2D eigenvalue weighted by molar-refractivity contribution is -0.122. The summed E-state index contributed by atoms with van der Waals surface area (Å²) in [7, 11) is 0. The normalized spacial score (nSPS) is 10.4. The predicted octanol–water partition coefficient (Wildman–Crippen LogP) is 0.719. The number of nitrogens with one attached hydrogen (secondary N) is 2. The van der Waals surface area contributed by atoms with Crippen molar-refractivity contribution in [2.24, 2.45) is 5.73 Å². The number of hydrogen-bond donors (Lipinski definition) is 3. The van der Waals surface area contributed by atoms with Gasteiger partial charge in [-0.2, -0.15) is 0 Å². The van der Waals surface area contributed by atoms with E-state index in [2.05, 4.69) is 10.6 Å². The van der Waals surface area contributed by atoms with Crippen LogP contribution >= 0.6 is 0 Å². The Balaban J connectivity index is 2.27. The highest BCUT2D eigenvalue weighted by molar-refractivity contribution is 5.80. The average molecular weight is 277 g/mol. The summed E-state index contributed by atoms with van der Waals surface area (Å²) < 4.78 is 0. The zero-order valence-electron chi connectivity index (χ0n) is 12.1. The van der Waals surface area contributed by atoms with Crippen molar-refractivity contribution in [3.63, 3.8) is 0 Å². The summed E-state index contributed by atoms with van der Waals surface area (Å²) in [4.78, 5) is 23.1. The van der Waals surface area contributed by atoms with E-state index in [4.69, 9.17) is 5.73 Å². The maximum atomic E-state index is 11.7. The number of carbonyl (C=O) groups is 2. The zero-order valence-corrected chi connectivity index (χ0v) is 12.1. The molecule has 0 aromatic heterocycles. The van der Waals surface area contributed by atoms with Gasteiger partial charge in [-0.15, -0.1) is 0 Å². The number of carbonyl (C=O) groups excluding carboxylic acids is 2. The minimum absolute atomic E-state index is 0.0485. The molecule has 5 nitrogen and oxygen atoms in total. The van der Waals surface area contributed by atoms with Gasteiger partial charge in [-0.1, -0.05) is 24.3 Å². The summed E-state index contributed by atoms with van der Waals surface area (Å²) >= 11 is 0. The second kappa shape index (κ2) is 8.32. The van der Waals surface area contributed by atoms with Gasteiger partial charge in [0.05, 0.1) is 6.42 Å². The molecule has 0 atom stereocenters. The molecule has 0 bridgehead atoms. The van der Waals surface area contributed by atoms with Gasteiger partial charge in [0.25, 0.3) is 0 Å². The molecule has 0 spiro atoms. The monoisotopic (exact) mass is 277 g/mol. The van der Waals surface area contributed by atoms with Crippen molar-refractivity contribution in [1.82, 2.24) is 10.6 Å². The molecule has 20 heavy (non-hydrogen) atoms. The highest BCUT2D eigenvalue weighted by Crippen LogP contribution is 2.04. The van der Waals surface area contributed by atoms with Gasteiger partial charge in [0.15, 0.2) is 0 Å². The molecular weight excluding hydrogens is 254 g/mol. The molecule has 110 valence electrons. The minimum atomic E-state index is -0.0807. The fourth-order valence-corrected chi connectivity index (χ4v) is 1.75. The number of nitrogens with two attached hydrogens (primary N) is 1. The van der Waals surface area contributed by atoms with Crippen LogP contribution < -0.4 is 16.4 Å². The van der Waals surface area contributed by atoms with Gasteiger partial charge in [0.1, 0.15) is 0 Å². The smallest absolute Gasteiger partial charge is 0.224 e. The van der Waals surface area contributed by atoms with E-state index in [1.165, 1.54) is 0 Å². The van der Waals surface area contributed by atoms with Crippen LogP contribution in [0.15, 0.2) is 24.3 Å². The Morgan fingerprint density at radius 1 is 1.10 bits per heavy atom. The zero-order chi connectivity index (χ0) is 15.0. The molecule has 0 aliphatic rings. The SMILES string of the molecule is CC(C)NC(=O)CCNC(=O)Cc1ccc(CN)cc1. The molecule has 0 saturated heterocycles. The molecule has 0 radical (unpaired) electrons. The number of hydrogen-bond acceptors (Lipinski definition) is 3. The molecule has 0 unspecified atom stereocenters. The van der Waals surface area contributed by atoms with Crippen molar-refractivity contribution < 1.29 is 9.59 Å². The maximum absolute atomic E-state index is 11.7. The Morgan fingerprint density at radius 3 is 2.25 bits per heavy atom. The lowest BCUT2D eigenvalue weighted by atomic mass is 10.1. The second-order valence-electron chi connectivity index (χ2n) is 5.02. The standard InChI is InChI=1S/C15H23N3O2/c1-11(2)18-14(19)7-8-17-15(20)9-12-3-5-13(10-16)6-4-12/h3-6,11H,7-10,16H2,1-2H3,(H,17,20)(H,18,19). The van der Waals surface area contributed by atoms with Crippen LogP contribution in [0.5, 0.6) is 0 Å². The summed E-state index contributed by atoms with van der Waals surface area (Å²) in [6, 6.07) is 7.75. The Hall–Kier alpha value is -1.88. The van der Waals surface area contributed by atoms with Crippen molar-refractivity contribution >= 4 is 11.8 Å². The molecule has 0 fully saturated rings. The first-order chi connectivity index (χ1) is 9.51. The van der Waals surface area contributed by atoms with E-state index in [1.54, 1.807) is 0 Å². The van der Waals surface area contributed by atoms with Crippen molar-refractivity contribution in [2.45, 2.75) is 39.3 Å². The van der Waals surface area contributed by atoms with Crippen LogP contribution in [-0.4, -0.2) is 24.4 Å². The van der Waals surface area contributed by atoms with Crippen LogP contribution in [0.3, 0.4) is 0 Å². The summed E-state index contributed by atoms with van der Waals surface area (Å²) in [5.41, 5.74) is 7.49. The molecule has 0 aliphatic carbocycles. The first-order valence-corrected chi connectivity index (χ1v) is 6.85. The van der Waals surface area contributed by atoms with E-state index >= 15 is 0 Å². The van der Waals surface area contributed by atoms with Crippen LogP contribution in [0.4, 0.5) is 0 Å². The molecular formula is C15H23N3O2. The Bertz CT molecular complexity index is 441. The molecule has 0 saturated carbocycles. The average Bonchev–Trinajstić information content (AvgIpc) is 2.38. The fourth-order valence-electron chi connectivity index (χ4n) is 1.75. The summed E-state index contributed by atoms with van der Waals surface area (Å²) in [6.07, 6.45) is 0.618. The van der Waals surface area contributed by atoms with Crippen molar-refractivity contribution in [2.75, 3.05) is 6.54 Å². The van der Waals surface area contributed by atoms with Crippen LogP contribution in [0, 0.1) is 0 Å². The minimum Gasteiger partial charge on any atom is -0.355 e. The third-order valence-electron chi connectivity index (χ3n) is 2.75. The molecule has 5 heteroatoms. The van der Waals surface area contributed by atoms with Crippen LogP contribution in [0.25, 0.3) is 0 Å². The van der Waals surface area contributed by atoms with E-state index in [9.17, 15) is 9.59 Å². The maximum Gasteiger partial charge on any atom is 0.224 e. The molecule has 0 heterocycles. The molecule has 1 rings (SSSR count). The van der Waals surface area contributed by atoms with Crippen LogP contribution in [0.2, 0.25) is 0 Å². The summed E-state index contributed by atoms with van der Waals surface area (Å²) in [6.45, 7) is 4.67. The van der Waals surface area contributed by atoms with Gasteiger partial charge in [-0.3, -0.25) is 9.59 Å². The van der Waals surface area contributed by atoms with E-state index in [0.717, 1.165) is 11.1 Å². The number of benzene rings is 1. The Morgan fingerprint density at radius 2 is 1.70 bits per heavy atom. The van der Waals surface area contributed by atoms with Gasteiger partial charge in [-0.05, 0) is 25.0 Å². The van der Waals surface area contributed by atoms with E-state index in [-0.39, 0.29) is 17.9 Å². The van der Waals surface area contributed by atoms with Crippen LogP contribution in [0.1, 0.15) is 31.4 Å². The van der Waals surface area contributed by atoms with Crippen molar-refractivity contribution in [3.8, 4) is 0 Å². The first-order valence-electron chi connectivity index (χ1n) is 6.85. The lowest BCUT2D eigenvalue weighted by Crippen LogP contribution is -2.34. The first kappa shape index (κ1) is 16.2. The van der Waals surface area contributed by atoms with E-state index in [0.29, 0.717) is 25.9 Å². The fraction of sp³-hybridized carbons (Fsp3) is 0.467. The van der Waals surface area contributed by atoms with Gasteiger partial charge < -0.3 is 16.4 Å². The molecule has 1 aromatic rings. The van der Waals surface area contributed by atoms with Crippen LogP contribution in [-0.2, 0) is 22.6 Å². The van der Waals surface area contributed by atoms with Gasteiger partial charge >= 0.3 is 0 Å². The Labute approximate surface area is 119 Å². The molecule has 2 amide bonds. The second-order valence-corrected chi connectivity index (χ2v) is 5.02. The molecule has 1 aromatic carbocycles. The van der Waals surface area contributed by atoms with Crippen molar-refractivity contribution in [1.29, 1.82) is 0 Å². The quantitative estimate of drug-likeness (QED) is 0.686. The van der Waals surface area contributed by atoms with E-state index in [1.807, 2.05) is 38.1 Å². The van der Waals surface area contributed by atoms with Gasteiger partial charge in [-0.25, -0.2) is 0 Å². The van der Waals surface area contributed by atoms with Gasteiger partial charge in [0.2, 0.25) is 11.8 Å². The third kappa shape index (κ3) is 6.33.